The molecule has 0 aliphatic rings. The van der Waals surface area contributed by atoms with Crippen molar-refractivity contribution in [1.29, 1.82) is 0 Å². The SMILES string of the molecule is C=CC(=C)Nc1cccc(Nc2nc(N/C(C=NC)=C/N)ncc2NCc2ccccc2)c1. The summed E-state index contributed by atoms with van der Waals surface area (Å²) in [5.74, 6) is 0.988. The molecule has 1 aromatic heterocycles. The molecule has 0 aliphatic heterocycles. The third kappa shape index (κ3) is 6.96. The molecule has 0 spiro atoms. The lowest BCUT2D eigenvalue weighted by atomic mass is 10.2. The van der Waals surface area contributed by atoms with Crippen LogP contribution in [0.2, 0.25) is 0 Å². The molecule has 168 valence electrons. The smallest absolute Gasteiger partial charge is 0.229 e. The number of nitrogens with one attached hydrogen (secondary N) is 4. The second-order valence-electron chi connectivity index (χ2n) is 6.99. The number of nitrogens with two attached hydrogens (primary N) is 1. The van der Waals surface area contributed by atoms with E-state index in [0.29, 0.717) is 29.7 Å². The lowest BCUT2D eigenvalue weighted by Gasteiger charge is -2.15. The molecule has 3 aromatic rings. The van der Waals surface area contributed by atoms with Crippen molar-refractivity contribution in [3.8, 4) is 0 Å². The van der Waals surface area contributed by atoms with Gasteiger partial charge in [-0.1, -0.05) is 49.6 Å². The molecule has 3 rings (SSSR count). The van der Waals surface area contributed by atoms with Crippen molar-refractivity contribution in [1.82, 2.24) is 9.97 Å². The average molecular weight is 441 g/mol. The van der Waals surface area contributed by atoms with Gasteiger partial charge in [0.25, 0.3) is 0 Å². The van der Waals surface area contributed by atoms with Gasteiger partial charge in [0.1, 0.15) is 0 Å². The van der Waals surface area contributed by atoms with E-state index in [1.165, 1.54) is 6.20 Å². The lowest BCUT2D eigenvalue weighted by molar-refractivity contribution is 1.10. The number of allylic oxidation sites excluding steroid dienone is 2. The van der Waals surface area contributed by atoms with E-state index in [1.807, 2.05) is 42.5 Å². The molecule has 33 heavy (non-hydrogen) atoms. The fraction of sp³-hybridized carbons (Fsp3) is 0.0800. The molecule has 0 fully saturated rings. The minimum absolute atomic E-state index is 0.383. The highest BCUT2D eigenvalue weighted by Gasteiger charge is 2.10. The van der Waals surface area contributed by atoms with Gasteiger partial charge in [0, 0.05) is 43.1 Å². The number of aromatic nitrogens is 2. The predicted molar refractivity (Wildman–Crippen MR) is 139 cm³/mol. The Hall–Kier alpha value is -4.59. The van der Waals surface area contributed by atoms with Crippen LogP contribution in [0, 0.1) is 0 Å². The largest absolute Gasteiger partial charge is 0.403 e. The molecule has 0 atom stereocenters. The zero-order valence-electron chi connectivity index (χ0n) is 18.5. The second kappa shape index (κ2) is 11.7. The monoisotopic (exact) mass is 440 g/mol. The van der Waals surface area contributed by atoms with E-state index in [1.54, 1.807) is 25.5 Å². The number of nitrogens with zero attached hydrogens (tertiary/aromatic N) is 3. The van der Waals surface area contributed by atoms with Crippen LogP contribution in [0.25, 0.3) is 0 Å². The molecule has 6 N–H and O–H groups in total. The summed E-state index contributed by atoms with van der Waals surface area (Å²) in [5, 5.41) is 13.0. The van der Waals surface area contributed by atoms with Crippen LogP contribution in [-0.4, -0.2) is 23.2 Å². The van der Waals surface area contributed by atoms with E-state index in [4.69, 9.17) is 5.73 Å². The molecule has 0 unspecified atom stereocenters. The summed E-state index contributed by atoms with van der Waals surface area (Å²) in [5.41, 5.74) is 10.6. The third-order valence-corrected chi connectivity index (χ3v) is 4.50. The molecule has 8 nitrogen and oxygen atoms in total. The Morgan fingerprint density at radius 3 is 2.61 bits per heavy atom. The first-order chi connectivity index (χ1) is 16.1. The summed E-state index contributed by atoms with van der Waals surface area (Å²) < 4.78 is 0. The van der Waals surface area contributed by atoms with Crippen molar-refractivity contribution in [2.45, 2.75) is 6.54 Å². The van der Waals surface area contributed by atoms with Crippen LogP contribution in [0.3, 0.4) is 0 Å². The van der Waals surface area contributed by atoms with Crippen molar-refractivity contribution < 1.29 is 0 Å². The Kier molecular flexibility index (Phi) is 8.19. The zero-order valence-corrected chi connectivity index (χ0v) is 18.5. The molecule has 8 heteroatoms. The van der Waals surface area contributed by atoms with E-state index >= 15 is 0 Å². The number of benzene rings is 2. The third-order valence-electron chi connectivity index (χ3n) is 4.50. The normalized spacial score (nSPS) is 11.1. The van der Waals surface area contributed by atoms with Crippen molar-refractivity contribution >= 4 is 35.0 Å². The highest BCUT2D eigenvalue weighted by atomic mass is 15.2. The van der Waals surface area contributed by atoms with Crippen molar-refractivity contribution in [2.75, 3.05) is 28.3 Å². The summed E-state index contributed by atoms with van der Waals surface area (Å²) in [6.07, 6.45) is 6.39. The molecule has 0 amide bonds. The van der Waals surface area contributed by atoms with Crippen LogP contribution in [0.1, 0.15) is 5.56 Å². The van der Waals surface area contributed by atoms with Gasteiger partial charge >= 0.3 is 0 Å². The summed E-state index contributed by atoms with van der Waals surface area (Å²) in [7, 11) is 1.66. The Morgan fingerprint density at radius 1 is 1.09 bits per heavy atom. The maximum atomic E-state index is 5.66. The number of hydrogen-bond acceptors (Lipinski definition) is 8. The topological polar surface area (TPSA) is 112 Å². The van der Waals surface area contributed by atoms with Crippen molar-refractivity contribution in [3.63, 3.8) is 0 Å². The van der Waals surface area contributed by atoms with Gasteiger partial charge in [-0.3, -0.25) is 4.99 Å². The van der Waals surface area contributed by atoms with Gasteiger partial charge in [0.05, 0.1) is 17.6 Å². The van der Waals surface area contributed by atoms with Crippen LogP contribution in [0.5, 0.6) is 0 Å². The first-order valence-electron chi connectivity index (χ1n) is 10.3. The van der Waals surface area contributed by atoms with Crippen LogP contribution < -0.4 is 27.0 Å². The predicted octanol–water partition coefficient (Wildman–Crippen LogP) is 4.86. The standard InChI is InChI=1S/C25H28N8/c1-4-18(2)30-20-11-8-12-21(13-20)31-24-23(28-15-19-9-6-5-7-10-19)17-29-25(33-24)32-22(14-26)16-27-3/h4-14,16-17,28,30H,1-2,15,26H2,3H3,(H2,29,31,32,33)/b22-14+,27-16?. The van der Waals surface area contributed by atoms with Crippen LogP contribution in [0.15, 0.2) is 103 Å². The van der Waals surface area contributed by atoms with Gasteiger partial charge in [-0.25, -0.2) is 4.98 Å². The molecular weight excluding hydrogens is 412 g/mol. The summed E-state index contributed by atoms with van der Waals surface area (Å²) in [6.45, 7) is 8.25. The van der Waals surface area contributed by atoms with E-state index in [9.17, 15) is 0 Å². The van der Waals surface area contributed by atoms with E-state index in [-0.39, 0.29) is 0 Å². The fourth-order valence-electron chi connectivity index (χ4n) is 2.89. The number of anilines is 5. The lowest BCUT2D eigenvalue weighted by Crippen LogP contribution is -2.10. The molecule has 0 aliphatic carbocycles. The molecule has 0 saturated carbocycles. The molecule has 0 bridgehead atoms. The summed E-state index contributed by atoms with van der Waals surface area (Å²) in [6, 6.07) is 17.9. The van der Waals surface area contributed by atoms with Gasteiger partial charge in [-0.2, -0.15) is 4.98 Å². The molecule has 2 aromatic carbocycles. The Morgan fingerprint density at radius 2 is 1.88 bits per heavy atom. The van der Waals surface area contributed by atoms with Gasteiger partial charge in [0.15, 0.2) is 5.82 Å². The molecule has 1 heterocycles. The van der Waals surface area contributed by atoms with Crippen LogP contribution >= 0.6 is 0 Å². The van der Waals surface area contributed by atoms with E-state index < -0.39 is 0 Å². The Bertz CT molecular complexity index is 1150. The molecule has 0 saturated heterocycles. The first kappa shape index (κ1) is 23.1. The molecular formula is C25H28N8. The number of hydrogen-bond donors (Lipinski definition) is 5. The minimum atomic E-state index is 0.383. The second-order valence-corrected chi connectivity index (χ2v) is 6.99. The van der Waals surface area contributed by atoms with Crippen molar-refractivity contribution in [2.24, 2.45) is 10.7 Å². The minimum Gasteiger partial charge on any atom is -0.403 e. The highest BCUT2D eigenvalue weighted by Crippen LogP contribution is 2.26. The maximum Gasteiger partial charge on any atom is 0.229 e. The zero-order chi connectivity index (χ0) is 23.5. The van der Waals surface area contributed by atoms with Gasteiger partial charge in [-0.15, -0.1) is 0 Å². The fourth-order valence-corrected chi connectivity index (χ4v) is 2.89. The summed E-state index contributed by atoms with van der Waals surface area (Å²) in [4.78, 5) is 13.0. The van der Waals surface area contributed by atoms with Gasteiger partial charge in [-0.05, 0) is 29.8 Å². The first-order valence-corrected chi connectivity index (χ1v) is 10.3. The van der Waals surface area contributed by atoms with Crippen LogP contribution in [0.4, 0.5) is 28.8 Å². The number of aliphatic imine (C=N–C) groups is 1. The van der Waals surface area contributed by atoms with E-state index in [0.717, 1.165) is 22.6 Å². The number of rotatable bonds is 11. The van der Waals surface area contributed by atoms with Crippen molar-refractivity contribution in [3.05, 3.63) is 103 Å². The highest BCUT2D eigenvalue weighted by molar-refractivity contribution is 5.82. The Balaban J connectivity index is 1.87. The molecule has 0 radical (unpaired) electrons. The average Bonchev–Trinajstić information content (AvgIpc) is 2.84. The maximum absolute atomic E-state index is 5.66. The quantitative estimate of drug-likeness (QED) is 0.214. The summed E-state index contributed by atoms with van der Waals surface area (Å²) >= 11 is 0. The van der Waals surface area contributed by atoms with E-state index in [2.05, 4.69) is 61.5 Å². The van der Waals surface area contributed by atoms with Crippen LogP contribution in [-0.2, 0) is 6.54 Å². The Labute approximate surface area is 194 Å². The van der Waals surface area contributed by atoms with Gasteiger partial charge in [0.2, 0.25) is 5.95 Å². The van der Waals surface area contributed by atoms with Gasteiger partial charge < -0.3 is 27.0 Å².